The van der Waals surface area contributed by atoms with Crippen molar-refractivity contribution in [3.8, 4) is 11.6 Å². The van der Waals surface area contributed by atoms with Gasteiger partial charge in [-0.15, -0.1) is 0 Å². The van der Waals surface area contributed by atoms with Crippen molar-refractivity contribution in [2.24, 2.45) is 0 Å². The quantitative estimate of drug-likeness (QED) is 0.535. The number of anilines is 2. The predicted molar refractivity (Wildman–Crippen MR) is 96.8 cm³/mol. The van der Waals surface area contributed by atoms with Gasteiger partial charge in [-0.2, -0.15) is 4.37 Å². The molecule has 1 aromatic carbocycles. The summed E-state index contributed by atoms with van der Waals surface area (Å²) in [4.78, 5) is 18.9. The lowest BCUT2D eigenvalue weighted by Gasteiger charge is -2.16. The minimum atomic E-state index is 0.347. The summed E-state index contributed by atoms with van der Waals surface area (Å²) < 4.78 is 9.83. The largest absolute Gasteiger partial charge is 0.438 e. The minimum Gasteiger partial charge on any atom is -0.438 e. The van der Waals surface area contributed by atoms with Gasteiger partial charge in [0.15, 0.2) is 0 Å². The van der Waals surface area contributed by atoms with Gasteiger partial charge >= 0.3 is 0 Å². The molecule has 0 amide bonds. The molecule has 7 nitrogen and oxygen atoms in total. The molecular formula is C16H11ClN6OS. The number of hydrogen-bond acceptors (Lipinski definition) is 8. The van der Waals surface area contributed by atoms with Crippen LogP contribution in [0.3, 0.4) is 0 Å². The molecule has 0 atom stereocenters. The summed E-state index contributed by atoms with van der Waals surface area (Å²) in [5.74, 6) is 1.65. The highest BCUT2D eigenvalue weighted by molar-refractivity contribution is 7.09. The van der Waals surface area contributed by atoms with Crippen molar-refractivity contribution in [2.45, 2.75) is 0 Å². The van der Waals surface area contributed by atoms with E-state index in [1.807, 2.05) is 30.1 Å². The monoisotopic (exact) mass is 370 g/mol. The number of pyridine rings is 1. The average molecular weight is 371 g/mol. The predicted octanol–water partition coefficient (Wildman–Crippen LogP) is 4.09. The van der Waals surface area contributed by atoms with Crippen LogP contribution in [0.5, 0.6) is 11.6 Å². The lowest BCUT2D eigenvalue weighted by molar-refractivity contribution is 0.464. The topological polar surface area (TPSA) is 76.9 Å². The molecule has 0 spiro atoms. The highest BCUT2D eigenvalue weighted by Gasteiger charge is 2.14. The maximum Gasteiger partial charge on any atom is 0.238 e. The highest BCUT2D eigenvalue weighted by Crippen LogP contribution is 2.33. The van der Waals surface area contributed by atoms with Crippen molar-refractivity contribution < 1.29 is 4.74 Å². The summed E-state index contributed by atoms with van der Waals surface area (Å²) in [5.41, 5.74) is 0.792. The van der Waals surface area contributed by atoms with E-state index in [4.69, 9.17) is 16.3 Å². The summed E-state index contributed by atoms with van der Waals surface area (Å²) in [6, 6.07) is 9.00. The molecule has 0 aliphatic heterocycles. The van der Waals surface area contributed by atoms with E-state index in [2.05, 4.69) is 24.3 Å². The minimum absolute atomic E-state index is 0.347. The van der Waals surface area contributed by atoms with E-state index in [0.717, 1.165) is 16.0 Å². The number of fused-ring (bicyclic) bond motifs is 1. The van der Waals surface area contributed by atoms with Crippen molar-refractivity contribution in [2.75, 3.05) is 11.9 Å². The zero-order valence-electron chi connectivity index (χ0n) is 13.0. The van der Waals surface area contributed by atoms with E-state index in [-0.39, 0.29) is 0 Å². The maximum absolute atomic E-state index is 6.11. The molecule has 0 aliphatic rings. The van der Waals surface area contributed by atoms with Crippen molar-refractivity contribution in [1.82, 2.24) is 24.3 Å². The second kappa shape index (κ2) is 6.58. The van der Waals surface area contributed by atoms with E-state index in [1.54, 1.807) is 18.3 Å². The molecule has 0 unspecified atom stereocenters. The average Bonchev–Trinajstić information content (AvgIpc) is 3.17. The highest BCUT2D eigenvalue weighted by atomic mass is 35.5. The zero-order valence-corrected chi connectivity index (χ0v) is 14.6. The van der Waals surface area contributed by atoms with Crippen LogP contribution >= 0.6 is 23.1 Å². The molecule has 4 aromatic rings. The van der Waals surface area contributed by atoms with Gasteiger partial charge in [-0.3, -0.25) is 0 Å². The van der Waals surface area contributed by atoms with E-state index in [1.165, 1.54) is 24.2 Å². The van der Waals surface area contributed by atoms with E-state index in [0.29, 0.717) is 22.5 Å². The number of nitrogens with zero attached hydrogens (tertiary/aromatic N) is 6. The fourth-order valence-electron chi connectivity index (χ4n) is 2.32. The Hall–Kier alpha value is -2.84. The van der Waals surface area contributed by atoms with Gasteiger partial charge in [-0.1, -0.05) is 11.6 Å². The summed E-state index contributed by atoms with van der Waals surface area (Å²) in [6.45, 7) is 0. The van der Waals surface area contributed by atoms with Gasteiger partial charge in [0.1, 0.15) is 29.2 Å². The van der Waals surface area contributed by atoms with Gasteiger partial charge in [0.25, 0.3) is 0 Å². The molecule has 3 heterocycles. The molecule has 0 saturated heterocycles. The molecule has 0 fully saturated rings. The van der Waals surface area contributed by atoms with E-state index in [9.17, 15) is 0 Å². The van der Waals surface area contributed by atoms with E-state index < -0.39 is 0 Å². The fourth-order valence-corrected chi connectivity index (χ4v) is 2.97. The van der Waals surface area contributed by atoms with Crippen molar-refractivity contribution in [3.63, 3.8) is 0 Å². The van der Waals surface area contributed by atoms with E-state index >= 15 is 0 Å². The van der Waals surface area contributed by atoms with Crippen LogP contribution in [-0.2, 0) is 0 Å². The fraction of sp³-hybridized carbons (Fsp3) is 0.0625. The van der Waals surface area contributed by atoms with Gasteiger partial charge in [0.2, 0.25) is 11.0 Å². The summed E-state index contributed by atoms with van der Waals surface area (Å²) in [6.07, 6.45) is 4.66. The summed E-state index contributed by atoms with van der Waals surface area (Å²) >= 11 is 7.40. The molecule has 0 saturated carbocycles. The number of aromatic nitrogens is 5. The normalized spacial score (nSPS) is 10.8. The molecule has 25 heavy (non-hydrogen) atoms. The number of rotatable bonds is 4. The number of benzene rings is 1. The smallest absolute Gasteiger partial charge is 0.238 e. The second-order valence-corrected chi connectivity index (χ2v) is 6.22. The Bertz CT molecular complexity index is 1030. The molecule has 0 bridgehead atoms. The molecule has 0 N–H and O–H groups in total. The third-order valence-electron chi connectivity index (χ3n) is 3.48. The first kappa shape index (κ1) is 15.7. The van der Waals surface area contributed by atoms with Gasteiger partial charge in [0, 0.05) is 30.2 Å². The van der Waals surface area contributed by atoms with Crippen LogP contribution in [0, 0.1) is 0 Å². The SMILES string of the molecule is CN(c1ncns1)c1ncnc2ccc(Oc3ncccc3Cl)cc12. The maximum atomic E-state index is 6.11. The molecule has 124 valence electrons. The van der Waals surface area contributed by atoms with Gasteiger partial charge in [-0.05, 0) is 30.3 Å². The number of halogens is 1. The lowest BCUT2D eigenvalue weighted by atomic mass is 10.2. The number of hydrogen-bond donors (Lipinski definition) is 0. The summed E-state index contributed by atoms with van der Waals surface area (Å²) in [7, 11) is 1.88. The van der Waals surface area contributed by atoms with Crippen LogP contribution in [0.15, 0.2) is 49.2 Å². The zero-order chi connectivity index (χ0) is 17.2. The van der Waals surface area contributed by atoms with Gasteiger partial charge < -0.3 is 9.64 Å². The first-order valence-corrected chi connectivity index (χ1v) is 8.41. The second-order valence-electron chi connectivity index (χ2n) is 5.05. The van der Waals surface area contributed by atoms with Crippen molar-refractivity contribution in [1.29, 1.82) is 0 Å². The Balaban J connectivity index is 1.77. The summed E-state index contributed by atoms with van der Waals surface area (Å²) in [5, 5.41) is 2.00. The Morgan fingerprint density at radius 3 is 2.80 bits per heavy atom. The molecule has 9 heteroatoms. The standard InChI is InChI=1S/C16H11ClN6OS/c1-23(16-21-9-22-25-16)14-11-7-10(4-5-13(11)19-8-20-14)24-15-12(17)3-2-6-18-15/h2-9H,1H3. The van der Waals surface area contributed by atoms with Crippen LogP contribution in [0.1, 0.15) is 0 Å². The first-order chi connectivity index (χ1) is 12.2. The Kier molecular flexibility index (Phi) is 4.12. The third-order valence-corrected chi connectivity index (χ3v) is 4.51. The third kappa shape index (κ3) is 3.09. The Morgan fingerprint density at radius 2 is 2.00 bits per heavy atom. The number of ether oxygens (including phenoxy) is 1. The van der Waals surface area contributed by atoms with Gasteiger partial charge in [-0.25, -0.2) is 19.9 Å². The molecule has 0 radical (unpaired) electrons. The van der Waals surface area contributed by atoms with Crippen LogP contribution in [0.4, 0.5) is 10.9 Å². The van der Waals surface area contributed by atoms with Crippen LogP contribution in [0.2, 0.25) is 5.02 Å². The molecule has 3 aromatic heterocycles. The van der Waals surface area contributed by atoms with Crippen LogP contribution in [0.25, 0.3) is 10.9 Å². The van der Waals surface area contributed by atoms with Gasteiger partial charge in [0.05, 0.1) is 5.52 Å². The van der Waals surface area contributed by atoms with Crippen LogP contribution < -0.4 is 9.64 Å². The first-order valence-electron chi connectivity index (χ1n) is 7.26. The van der Waals surface area contributed by atoms with Crippen molar-refractivity contribution >= 4 is 45.0 Å². The molecule has 0 aliphatic carbocycles. The lowest BCUT2D eigenvalue weighted by Crippen LogP contribution is -2.11. The van der Waals surface area contributed by atoms with Crippen molar-refractivity contribution in [3.05, 3.63) is 54.2 Å². The van der Waals surface area contributed by atoms with Crippen LogP contribution in [-0.4, -0.2) is 31.4 Å². The molecular weight excluding hydrogens is 360 g/mol. The Morgan fingerprint density at radius 1 is 1.08 bits per heavy atom. The molecule has 4 rings (SSSR count). The Labute approximate surface area is 152 Å².